The van der Waals surface area contributed by atoms with Gasteiger partial charge in [0.15, 0.2) is 0 Å². The van der Waals surface area contributed by atoms with Crippen molar-refractivity contribution >= 4 is 5.78 Å². The summed E-state index contributed by atoms with van der Waals surface area (Å²) in [7, 11) is 0. The number of nitrogens with zero attached hydrogens (tertiary/aromatic N) is 1. The number of hydrogen-bond acceptors (Lipinski definition) is 2. The Morgan fingerprint density at radius 1 is 1.07 bits per heavy atom. The van der Waals surface area contributed by atoms with Crippen LogP contribution in [0.4, 0.5) is 0 Å². The lowest BCUT2D eigenvalue weighted by Crippen LogP contribution is -2.26. The molecule has 0 unspecified atom stereocenters. The maximum atomic E-state index is 11.1. The van der Waals surface area contributed by atoms with E-state index in [1.807, 2.05) is 6.92 Å². The molecule has 0 aliphatic carbocycles. The molecular formula is C12H25NO. The van der Waals surface area contributed by atoms with Crippen molar-refractivity contribution in [1.82, 2.24) is 4.90 Å². The van der Waals surface area contributed by atoms with Gasteiger partial charge in [0.1, 0.15) is 5.78 Å². The van der Waals surface area contributed by atoms with E-state index >= 15 is 0 Å². The Balaban J connectivity index is 3.46. The maximum Gasteiger partial charge on any atom is 0.132 e. The van der Waals surface area contributed by atoms with Crippen LogP contribution < -0.4 is 0 Å². The average molecular weight is 199 g/mol. The molecule has 2 heteroatoms. The summed E-state index contributed by atoms with van der Waals surface area (Å²) in [6.07, 6.45) is 5.02. The summed E-state index contributed by atoms with van der Waals surface area (Å²) in [6.45, 7) is 9.73. The number of ketones is 1. The van der Waals surface area contributed by atoms with Crippen LogP contribution in [0.3, 0.4) is 0 Å². The Kier molecular flexibility index (Phi) is 8.95. The van der Waals surface area contributed by atoms with Crippen molar-refractivity contribution in [3.8, 4) is 0 Å². The molecular weight excluding hydrogens is 174 g/mol. The highest BCUT2D eigenvalue weighted by atomic mass is 16.1. The van der Waals surface area contributed by atoms with Crippen LogP contribution in [-0.4, -0.2) is 30.3 Å². The van der Waals surface area contributed by atoms with E-state index in [1.165, 1.54) is 19.4 Å². The third-order valence-electron chi connectivity index (χ3n) is 2.60. The van der Waals surface area contributed by atoms with Gasteiger partial charge in [-0.1, -0.05) is 27.2 Å². The zero-order valence-corrected chi connectivity index (χ0v) is 10.0. The SMILES string of the molecule is CCCCN(CC)CCCC(=O)CC. The Morgan fingerprint density at radius 3 is 2.21 bits per heavy atom. The van der Waals surface area contributed by atoms with E-state index in [1.54, 1.807) is 0 Å². The fourth-order valence-corrected chi connectivity index (χ4v) is 1.49. The summed E-state index contributed by atoms with van der Waals surface area (Å²) in [5.74, 6) is 0.400. The molecule has 0 spiro atoms. The Morgan fingerprint density at radius 2 is 1.71 bits per heavy atom. The molecule has 0 fully saturated rings. The summed E-state index contributed by atoms with van der Waals surface area (Å²) >= 11 is 0. The van der Waals surface area contributed by atoms with Crippen LogP contribution in [0.2, 0.25) is 0 Å². The van der Waals surface area contributed by atoms with Gasteiger partial charge in [-0.2, -0.15) is 0 Å². The highest BCUT2D eigenvalue weighted by Crippen LogP contribution is 2.00. The minimum Gasteiger partial charge on any atom is -0.304 e. The molecule has 0 heterocycles. The van der Waals surface area contributed by atoms with Crippen LogP contribution in [-0.2, 0) is 4.79 Å². The summed E-state index contributed by atoms with van der Waals surface area (Å²) in [5.41, 5.74) is 0. The molecule has 0 saturated carbocycles. The van der Waals surface area contributed by atoms with Gasteiger partial charge in [-0.25, -0.2) is 0 Å². The molecule has 14 heavy (non-hydrogen) atoms. The van der Waals surface area contributed by atoms with Crippen molar-refractivity contribution in [2.45, 2.75) is 52.9 Å². The molecule has 0 aromatic heterocycles. The molecule has 0 aromatic carbocycles. The van der Waals surface area contributed by atoms with Gasteiger partial charge in [-0.05, 0) is 32.5 Å². The van der Waals surface area contributed by atoms with E-state index < -0.39 is 0 Å². The van der Waals surface area contributed by atoms with E-state index in [-0.39, 0.29) is 0 Å². The van der Waals surface area contributed by atoms with Gasteiger partial charge in [0, 0.05) is 12.8 Å². The molecule has 0 aromatic rings. The van der Waals surface area contributed by atoms with Crippen molar-refractivity contribution in [3.05, 3.63) is 0 Å². The van der Waals surface area contributed by atoms with E-state index in [4.69, 9.17) is 0 Å². The van der Waals surface area contributed by atoms with Crippen LogP contribution in [0.15, 0.2) is 0 Å². The second-order valence-electron chi connectivity index (χ2n) is 3.78. The van der Waals surface area contributed by atoms with Crippen LogP contribution in [0.1, 0.15) is 52.9 Å². The normalized spacial score (nSPS) is 10.9. The Labute approximate surface area is 88.7 Å². The molecule has 0 N–H and O–H groups in total. The van der Waals surface area contributed by atoms with Crippen molar-refractivity contribution in [2.75, 3.05) is 19.6 Å². The lowest BCUT2D eigenvalue weighted by molar-refractivity contribution is -0.118. The topological polar surface area (TPSA) is 20.3 Å². The van der Waals surface area contributed by atoms with E-state index in [0.717, 1.165) is 25.9 Å². The number of hydrogen-bond donors (Lipinski definition) is 0. The van der Waals surface area contributed by atoms with Gasteiger partial charge in [0.05, 0.1) is 0 Å². The largest absolute Gasteiger partial charge is 0.304 e. The molecule has 0 rings (SSSR count). The van der Waals surface area contributed by atoms with Crippen molar-refractivity contribution in [3.63, 3.8) is 0 Å². The smallest absolute Gasteiger partial charge is 0.132 e. The molecule has 0 aliphatic heterocycles. The van der Waals surface area contributed by atoms with Gasteiger partial charge in [0.25, 0.3) is 0 Å². The van der Waals surface area contributed by atoms with Crippen molar-refractivity contribution in [2.24, 2.45) is 0 Å². The lowest BCUT2D eigenvalue weighted by Gasteiger charge is -2.19. The van der Waals surface area contributed by atoms with Gasteiger partial charge in [-0.3, -0.25) is 4.79 Å². The van der Waals surface area contributed by atoms with Gasteiger partial charge in [-0.15, -0.1) is 0 Å². The third-order valence-corrected chi connectivity index (χ3v) is 2.60. The highest BCUT2D eigenvalue weighted by molar-refractivity contribution is 5.77. The zero-order chi connectivity index (χ0) is 10.8. The first kappa shape index (κ1) is 13.6. The van der Waals surface area contributed by atoms with E-state index in [2.05, 4.69) is 18.7 Å². The van der Waals surface area contributed by atoms with Crippen LogP contribution in [0.5, 0.6) is 0 Å². The molecule has 0 amide bonds. The molecule has 2 nitrogen and oxygen atoms in total. The Bertz CT molecular complexity index is 145. The summed E-state index contributed by atoms with van der Waals surface area (Å²) in [4.78, 5) is 13.5. The minimum atomic E-state index is 0.400. The zero-order valence-electron chi connectivity index (χ0n) is 10.0. The van der Waals surface area contributed by atoms with E-state index in [0.29, 0.717) is 12.2 Å². The second kappa shape index (κ2) is 9.20. The number of carbonyl (C=O) groups is 1. The minimum absolute atomic E-state index is 0.400. The van der Waals surface area contributed by atoms with Crippen molar-refractivity contribution in [1.29, 1.82) is 0 Å². The predicted molar refractivity (Wildman–Crippen MR) is 61.6 cm³/mol. The number of rotatable bonds is 9. The molecule has 0 radical (unpaired) electrons. The molecule has 0 aliphatic rings. The van der Waals surface area contributed by atoms with Crippen LogP contribution in [0.25, 0.3) is 0 Å². The van der Waals surface area contributed by atoms with Crippen LogP contribution in [0, 0.1) is 0 Å². The fourth-order valence-electron chi connectivity index (χ4n) is 1.49. The Hall–Kier alpha value is -0.370. The van der Waals surface area contributed by atoms with Gasteiger partial charge >= 0.3 is 0 Å². The molecule has 0 atom stereocenters. The predicted octanol–water partition coefficient (Wildman–Crippen LogP) is 2.87. The van der Waals surface area contributed by atoms with E-state index in [9.17, 15) is 4.79 Å². The fraction of sp³-hybridized carbons (Fsp3) is 0.917. The first-order valence-electron chi connectivity index (χ1n) is 5.98. The first-order chi connectivity index (χ1) is 6.74. The summed E-state index contributed by atoms with van der Waals surface area (Å²) < 4.78 is 0. The first-order valence-corrected chi connectivity index (χ1v) is 5.98. The number of unbranched alkanes of at least 4 members (excludes halogenated alkanes) is 1. The average Bonchev–Trinajstić information content (AvgIpc) is 2.22. The molecule has 84 valence electrons. The molecule has 0 saturated heterocycles. The van der Waals surface area contributed by atoms with Gasteiger partial charge in [0.2, 0.25) is 0 Å². The summed E-state index contributed by atoms with van der Waals surface area (Å²) in [5, 5.41) is 0. The molecule has 0 bridgehead atoms. The summed E-state index contributed by atoms with van der Waals surface area (Å²) in [6, 6.07) is 0. The number of carbonyl (C=O) groups excluding carboxylic acids is 1. The monoisotopic (exact) mass is 199 g/mol. The second-order valence-corrected chi connectivity index (χ2v) is 3.78. The van der Waals surface area contributed by atoms with Crippen molar-refractivity contribution < 1.29 is 4.79 Å². The standard InChI is InChI=1S/C12H25NO/c1-4-7-10-13(6-3)11-8-9-12(14)5-2/h4-11H2,1-3H3. The lowest BCUT2D eigenvalue weighted by atomic mass is 10.2. The number of Topliss-reactive ketones (excluding diaryl/α,β-unsaturated/α-hetero) is 1. The van der Waals surface area contributed by atoms with Gasteiger partial charge < -0.3 is 4.90 Å². The third kappa shape index (κ3) is 7.07. The van der Waals surface area contributed by atoms with Crippen LogP contribution >= 0.6 is 0 Å². The quantitative estimate of drug-likeness (QED) is 0.569. The maximum absolute atomic E-state index is 11.1. The highest BCUT2D eigenvalue weighted by Gasteiger charge is 2.03.